The van der Waals surface area contributed by atoms with E-state index in [1.54, 1.807) is 4.90 Å². The Morgan fingerprint density at radius 2 is 1.71 bits per heavy atom. The van der Waals surface area contributed by atoms with Crippen LogP contribution in [0.4, 0.5) is 8.78 Å². The van der Waals surface area contributed by atoms with E-state index in [4.69, 9.17) is 0 Å². The van der Waals surface area contributed by atoms with E-state index >= 15 is 0 Å². The van der Waals surface area contributed by atoms with Gasteiger partial charge < -0.3 is 10.2 Å². The standard InChI is InChI=1S/C15H18F2N2O3S.ClH/c16-15(17)23(21,22)9-10-1-3-11(4-2-10)14(20)19-7-12-5-18-6-13(12)8-19;/h1-4,12-13,15,18H,5-9H2;1H/t12-,13+;. The van der Waals surface area contributed by atoms with Crippen LogP contribution in [0.1, 0.15) is 15.9 Å². The van der Waals surface area contributed by atoms with Crippen molar-refractivity contribution in [3.63, 3.8) is 0 Å². The Morgan fingerprint density at radius 1 is 1.17 bits per heavy atom. The number of carbonyl (C=O) groups excluding carboxylic acids is 1. The van der Waals surface area contributed by atoms with Gasteiger partial charge in [0.05, 0.1) is 5.75 Å². The van der Waals surface area contributed by atoms with Crippen LogP contribution in [-0.2, 0) is 15.6 Å². The summed E-state index contributed by atoms with van der Waals surface area (Å²) in [6.45, 7) is 3.30. The van der Waals surface area contributed by atoms with E-state index in [0.717, 1.165) is 26.2 Å². The van der Waals surface area contributed by atoms with Gasteiger partial charge in [0.2, 0.25) is 9.84 Å². The van der Waals surface area contributed by atoms with Crippen LogP contribution in [0.2, 0.25) is 0 Å². The SMILES string of the molecule is Cl.O=C(c1ccc(CS(=O)(=O)C(F)F)cc1)N1C[C@H]2CNC[C@H]2C1. The van der Waals surface area contributed by atoms with Crippen molar-refractivity contribution in [3.05, 3.63) is 35.4 Å². The normalized spacial score (nSPS) is 23.2. The second-order valence-corrected chi connectivity index (χ2v) is 8.12. The van der Waals surface area contributed by atoms with Gasteiger partial charge in [-0.2, -0.15) is 8.78 Å². The first-order valence-electron chi connectivity index (χ1n) is 7.45. The molecule has 0 bridgehead atoms. The van der Waals surface area contributed by atoms with Gasteiger partial charge in [-0.15, -0.1) is 12.4 Å². The number of hydrogen-bond donors (Lipinski definition) is 1. The molecule has 5 nitrogen and oxygen atoms in total. The van der Waals surface area contributed by atoms with Crippen LogP contribution >= 0.6 is 12.4 Å². The van der Waals surface area contributed by atoms with Crippen LogP contribution in [0, 0.1) is 11.8 Å². The van der Waals surface area contributed by atoms with Crippen LogP contribution in [0.5, 0.6) is 0 Å². The minimum absolute atomic E-state index is 0. The summed E-state index contributed by atoms with van der Waals surface area (Å²) in [4.78, 5) is 14.3. The lowest BCUT2D eigenvalue weighted by Crippen LogP contribution is -2.31. The first-order valence-corrected chi connectivity index (χ1v) is 9.17. The molecule has 1 aromatic carbocycles. The number of nitrogens with one attached hydrogen (secondary N) is 1. The fraction of sp³-hybridized carbons (Fsp3) is 0.533. The Morgan fingerprint density at radius 3 is 2.21 bits per heavy atom. The molecule has 0 saturated carbocycles. The molecule has 3 rings (SSSR count). The lowest BCUT2D eigenvalue weighted by atomic mass is 10.0. The van der Waals surface area contributed by atoms with Gasteiger partial charge in [-0.05, 0) is 29.5 Å². The summed E-state index contributed by atoms with van der Waals surface area (Å²) in [5, 5.41) is 3.31. The van der Waals surface area contributed by atoms with Crippen molar-refractivity contribution in [1.82, 2.24) is 10.2 Å². The molecule has 24 heavy (non-hydrogen) atoms. The Kier molecular flexibility index (Phi) is 5.83. The third-order valence-electron chi connectivity index (χ3n) is 4.52. The number of halogens is 3. The summed E-state index contributed by atoms with van der Waals surface area (Å²) in [6.07, 6.45) is 0. The Bertz CT molecular complexity index is 685. The third-order valence-corrected chi connectivity index (χ3v) is 5.80. The zero-order chi connectivity index (χ0) is 16.6. The first-order chi connectivity index (χ1) is 10.9. The number of rotatable bonds is 4. The number of fused-ring (bicyclic) bond motifs is 1. The molecule has 2 saturated heterocycles. The zero-order valence-corrected chi connectivity index (χ0v) is 14.5. The van der Waals surface area contributed by atoms with Crippen molar-refractivity contribution in [3.8, 4) is 0 Å². The second-order valence-electron chi connectivity index (χ2n) is 6.15. The fourth-order valence-corrected chi connectivity index (χ4v) is 4.03. The largest absolute Gasteiger partial charge is 0.338 e. The molecule has 1 amide bonds. The van der Waals surface area contributed by atoms with E-state index in [9.17, 15) is 22.0 Å². The molecular weight excluding hydrogens is 362 g/mol. The Balaban J connectivity index is 0.00000208. The summed E-state index contributed by atoms with van der Waals surface area (Å²) in [5.74, 6) is -3.22. The number of carbonyl (C=O) groups is 1. The van der Waals surface area contributed by atoms with E-state index in [-0.39, 0.29) is 23.9 Å². The zero-order valence-electron chi connectivity index (χ0n) is 12.8. The minimum atomic E-state index is -4.45. The van der Waals surface area contributed by atoms with Gasteiger partial charge in [-0.3, -0.25) is 4.79 Å². The maximum Gasteiger partial charge on any atom is 0.337 e. The maximum absolute atomic E-state index is 12.5. The van der Waals surface area contributed by atoms with E-state index in [0.29, 0.717) is 17.4 Å². The highest BCUT2D eigenvalue weighted by atomic mass is 35.5. The topological polar surface area (TPSA) is 66.5 Å². The molecule has 9 heteroatoms. The molecule has 0 radical (unpaired) electrons. The van der Waals surface area contributed by atoms with Gasteiger partial charge in [0.1, 0.15) is 0 Å². The average molecular weight is 381 g/mol. The van der Waals surface area contributed by atoms with Crippen molar-refractivity contribution in [2.24, 2.45) is 11.8 Å². The molecule has 2 heterocycles. The van der Waals surface area contributed by atoms with Crippen molar-refractivity contribution in [1.29, 1.82) is 0 Å². The number of likely N-dealkylation sites (tertiary alicyclic amines) is 1. The Labute approximate surface area is 145 Å². The molecule has 1 aromatic rings. The van der Waals surface area contributed by atoms with Gasteiger partial charge >= 0.3 is 5.76 Å². The molecule has 0 spiro atoms. The monoisotopic (exact) mass is 380 g/mol. The third kappa shape index (κ3) is 3.87. The predicted octanol–water partition coefficient (Wildman–Crippen LogP) is 1.54. The van der Waals surface area contributed by atoms with Crippen LogP contribution in [-0.4, -0.2) is 51.2 Å². The van der Waals surface area contributed by atoms with Gasteiger partial charge in [0.25, 0.3) is 5.91 Å². The minimum Gasteiger partial charge on any atom is -0.338 e. The quantitative estimate of drug-likeness (QED) is 0.860. The van der Waals surface area contributed by atoms with E-state index in [1.165, 1.54) is 24.3 Å². The average Bonchev–Trinajstić information content (AvgIpc) is 3.08. The predicted molar refractivity (Wildman–Crippen MR) is 88.1 cm³/mol. The molecule has 2 atom stereocenters. The summed E-state index contributed by atoms with van der Waals surface area (Å²) in [7, 11) is -4.45. The molecule has 134 valence electrons. The van der Waals surface area contributed by atoms with Gasteiger partial charge in [0, 0.05) is 31.7 Å². The smallest absolute Gasteiger partial charge is 0.337 e. The molecule has 0 aromatic heterocycles. The highest BCUT2D eigenvalue weighted by Crippen LogP contribution is 2.27. The number of hydrogen-bond acceptors (Lipinski definition) is 4. The summed E-state index contributed by atoms with van der Waals surface area (Å²) in [5.41, 5.74) is 0.709. The molecule has 0 aliphatic carbocycles. The first kappa shape index (κ1) is 19.1. The van der Waals surface area contributed by atoms with Crippen molar-refractivity contribution >= 4 is 28.2 Å². The van der Waals surface area contributed by atoms with E-state index in [2.05, 4.69) is 5.32 Å². The fourth-order valence-electron chi connectivity index (χ4n) is 3.24. The number of amides is 1. The van der Waals surface area contributed by atoms with Crippen molar-refractivity contribution < 1.29 is 22.0 Å². The summed E-state index contributed by atoms with van der Waals surface area (Å²) < 4.78 is 47.2. The van der Waals surface area contributed by atoms with Crippen LogP contribution in [0.3, 0.4) is 0 Å². The molecule has 2 aliphatic rings. The maximum atomic E-state index is 12.5. The van der Waals surface area contributed by atoms with Crippen LogP contribution in [0.15, 0.2) is 24.3 Å². The van der Waals surface area contributed by atoms with Crippen molar-refractivity contribution in [2.45, 2.75) is 11.5 Å². The number of nitrogens with zero attached hydrogens (tertiary/aromatic N) is 1. The molecule has 2 fully saturated rings. The summed E-state index contributed by atoms with van der Waals surface area (Å²) >= 11 is 0. The lowest BCUT2D eigenvalue weighted by Gasteiger charge is -2.17. The second kappa shape index (κ2) is 7.33. The number of alkyl halides is 2. The van der Waals surface area contributed by atoms with Gasteiger partial charge in [-0.1, -0.05) is 12.1 Å². The van der Waals surface area contributed by atoms with Crippen LogP contribution in [0.25, 0.3) is 0 Å². The highest BCUT2D eigenvalue weighted by molar-refractivity contribution is 7.90. The molecule has 2 aliphatic heterocycles. The molecular formula is C15H19ClF2N2O3S. The summed E-state index contributed by atoms with van der Waals surface area (Å²) in [6, 6.07) is 5.85. The van der Waals surface area contributed by atoms with Gasteiger partial charge in [0.15, 0.2) is 0 Å². The number of benzene rings is 1. The molecule has 0 unspecified atom stereocenters. The number of sulfone groups is 1. The van der Waals surface area contributed by atoms with Crippen molar-refractivity contribution in [2.75, 3.05) is 26.2 Å². The Hall–Kier alpha value is -1.25. The van der Waals surface area contributed by atoms with E-state index < -0.39 is 21.3 Å². The van der Waals surface area contributed by atoms with Gasteiger partial charge in [-0.25, -0.2) is 8.42 Å². The lowest BCUT2D eigenvalue weighted by molar-refractivity contribution is 0.0781. The molecule has 1 N–H and O–H groups in total. The van der Waals surface area contributed by atoms with E-state index in [1.807, 2.05) is 0 Å². The highest BCUT2D eigenvalue weighted by Gasteiger charge is 2.38. The van der Waals surface area contributed by atoms with Crippen LogP contribution < -0.4 is 5.32 Å².